The molecule has 2 N–H and O–H groups in total. The highest BCUT2D eigenvalue weighted by molar-refractivity contribution is 6.32. The maximum absolute atomic E-state index is 13.1. The van der Waals surface area contributed by atoms with Crippen molar-refractivity contribution in [1.29, 1.82) is 0 Å². The first kappa shape index (κ1) is 19.9. The van der Waals surface area contributed by atoms with E-state index in [1.54, 1.807) is 12.1 Å². The van der Waals surface area contributed by atoms with E-state index >= 15 is 0 Å². The fourth-order valence-electron chi connectivity index (χ4n) is 4.28. The summed E-state index contributed by atoms with van der Waals surface area (Å²) in [6, 6.07) is 3.87. The predicted molar refractivity (Wildman–Crippen MR) is 106 cm³/mol. The molecule has 27 heavy (non-hydrogen) atoms. The van der Waals surface area contributed by atoms with Gasteiger partial charge in [-0.1, -0.05) is 56.7 Å². The van der Waals surface area contributed by atoms with Gasteiger partial charge >= 0.3 is 6.03 Å². The number of amides is 2. The van der Waals surface area contributed by atoms with E-state index in [2.05, 4.69) is 10.3 Å². The number of urea groups is 1. The van der Waals surface area contributed by atoms with E-state index in [9.17, 15) is 14.7 Å². The summed E-state index contributed by atoms with van der Waals surface area (Å²) in [5.74, 6) is 0.254. The topological polar surface area (TPSA) is 78.8 Å². The monoisotopic (exact) mass is 390 g/mol. The molecule has 5 nitrogen and oxygen atoms in total. The third kappa shape index (κ3) is 4.70. The van der Waals surface area contributed by atoms with Crippen LogP contribution in [0.25, 0.3) is 0 Å². The van der Waals surface area contributed by atoms with Crippen LogP contribution in [0.5, 0.6) is 5.75 Å². The number of halogens is 1. The molecule has 0 aromatic heterocycles. The van der Waals surface area contributed by atoms with Crippen molar-refractivity contribution in [3.63, 3.8) is 0 Å². The predicted octanol–water partition coefficient (Wildman–Crippen LogP) is 5.21. The number of carbonyl (C=O) groups excluding carboxylic acids is 2. The molecule has 1 aliphatic carbocycles. The molecule has 1 aromatic carbocycles. The van der Waals surface area contributed by atoms with Gasteiger partial charge in [0.1, 0.15) is 11.5 Å². The second-order valence-electron chi connectivity index (χ2n) is 7.58. The van der Waals surface area contributed by atoms with Gasteiger partial charge in [-0.3, -0.25) is 4.79 Å². The highest BCUT2D eigenvalue weighted by atomic mass is 35.5. The van der Waals surface area contributed by atoms with Crippen LogP contribution in [0.2, 0.25) is 5.02 Å². The zero-order valence-corrected chi connectivity index (χ0v) is 16.5. The van der Waals surface area contributed by atoms with Crippen LogP contribution < -0.4 is 5.32 Å². The molecule has 1 aromatic rings. The van der Waals surface area contributed by atoms with Gasteiger partial charge in [-0.15, -0.1) is 0 Å². The number of nitrogens with zero attached hydrogens (tertiary/aromatic N) is 1. The largest absolute Gasteiger partial charge is 0.506 e. The summed E-state index contributed by atoms with van der Waals surface area (Å²) in [5, 5.41) is 12.7. The molecule has 2 atom stereocenters. The lowest BCUT2D eigenvalue weighted by Gasteiger charge is -2.32. The van der Waals surface area contributed by atoms with Gasteiger partial charge in [0.05, 0.1) is 17.0 Å². The quantitative estimate of drug-likeness (QED) is 0.700. The first-order valence-electron chi connectivity index (χ1n) is 9.88. The Morgan fingerprint density at radius 1 is 1.30 bits per heavy atom. The number of hydrogen-bond donors (Lipinski definition) is 2. The number of nitrogens with one attached hydrogen (secondary N) is 1. The van der Waals surface area contributed by atoms with Crippen LogP contribution in [0.3, 0.4) is 0 Å². The number of Topliss-reactive ketones (excluding diaryl/α,β-unsaturated/α-hetero) is 1. The summed E-state index contributed by atoms with van der Waals surface area (Å²) >= 11 is 6.05. The summed E-state index contributed by atoms with van der Waals surface area (Å²) in [7, 11) is 0. The lowest BCUT2D eigenvalue weighted by Crippen LogP contribution is -2.44. The van der Waals surface area contributed by atoms with Gasteiger partial charge in [0, 0.05) is 12.1 Å². The Hall–Kier alpha value is -1.88. The van der Waals surface area contributed by atoms with Crippen molar-refractivity contribution in [3.05, 3.63) is 28.8 Å². The Morgan fingerprint density at radius 2 is 2.04 bits per heavy atom. The molecule has 6 heteroatoms. The molecule has 1 aliphatic heterocycles. The molecule has 1 fully saturated rings. The number of phenolic OH excluding ortho intramolecular Hbond substituents is 1. The molecule has 0 radical (unpaired) electrons. The lowest BCUT2D eigenvalue weighted by atomic mass is 9.79. The van der Waals surface area contributed by atoms with E-state index in [-0.39, 0.29) is 16.6 Å². The second-order valence-corrected chi connectivity index (χ2v) is 7.99. The lowest BCUT2D eigenvalue weighted by molar-refractivity contribution is -0.122. The highest BCUT2D eigenvalue weighted by Crippen LogP contribution is 2.35. The minimum atomic E-state index is -0.498. The average Bonchev–Trinajstić information content (AvgIpc) is 2.68. The van der Waals surface area contributed by atoms with Crippen LogP contribution in [0.1, 0.15) is 69.9 Å². The number of aliphatic imine (C=N–C) groups is 1. The normalized spacial score (nSPS) is 23.6. The Balaban J connectivity index is 1.81. The molecule has 2 amide bonds. The van der Waals surface area contributed by atoms with Gasteiger partial charge in [0.15, 0.2) is 0 Å². The summed E-state index contributed by atoms with van der Waals surface area (Å²) in [6.45, 7) is 1.92. The maximum Gasteiger partial charge on any atom is 0.341 e. The van der Waals surface area contributed by atoms with Gasteiger partial charge in [-0.05, 0) is 36.5 Å². The van der Waals surface area contributed by atoms with E-state index < -0.39 is 18.0 Å². The van der Waals surface area contributed by atoms with E-state index in [0.29, 0.717) is 30.0 Å². The van der Waals surface area contributed by atoms with Gasteiger partial charge in [0.2, 0.25) is 0 Å². The third-order valence-corrected chi connectivity index (χ3v) is 6.08. The molecule has 1 saturated carbocycles. The van der Waals surface area contributed by atoms with Crippen LogP contribution in [0, 0.1) is 11.8 Å². The Morgan fingerprint density at radius 3 is 2.70 bits per heavy atom. The molecule has 0 spiro atoms. The standard InChI is InChI=1S/C21H27ClN2O3/c1-2-16-19(18(26)10-8-13-6-4-3-5-7-13)20(24-21(27)23-16)14-9-11-17(25)15(22)12-14/h9,11-13,19-20,25H,2-8,10H2,1H3,(H,24,27). The number of rotatable bonds is 6. The molecule has 0 saturated heterocycles. The van der Waals surface area contributed by atoms with Gasteiger partial charge < -0.3 is 10.4 Å². The zero-order chi connectivity index (χ0) is 19.4. The summed E-state index contributed by atoms with van der Waals surface area (Å²) in [5.41, 5.74) is 1.34. The van der Waals surface area contributed by atoms with Crippen molar-refractivity contribution >= 4 is 29.1 Å². The highest BCUT2D eigenvalue weighted by Gasteiger charge is 2.37. The van der Waals surface area contributed by atoms with Crippen molar-refractivity contribution < 1.29 is 14.7 Å². The van der Waals surface area contributed by atoms with E-state index in [1.807, 2.05) is 6.92 Å². The third-order valence-electron chi connectivity index (χ3n) is 5.78. The molecular weight excluding hydrogens is 364 g/mol. The van der Waals surface area contributed by atoms with Crippen molar-refractivity contribution in [2.75, 3.05) is 0 Å². The number of aromatic hydroxyl groups is 1. The number of carbonyl (C=O) groups is 2. The van der Waals surface area contributed by atoms with Crippen molar-refractivity contribution in [3.8, 4) is 5.75 Å². The summed E-state index contributed by atoms with van der Waals surface area (Å²) in [4.78, 5) is 29.3. The number of hydrogen-bond acceptors (Lipinski definition) is 3. The Labute approximate surface area is 165 Å². The molecule has 0 bridgehead atoms. The van der Waals surface area contributed by atoms with Gasteiger partial charge in [0.25, 0.3) is 0 Å². The summed E-state index contributed by atoms with van der Waals surface area (Å²) < 4.78 is 0. The first-order chi connectivity index (χ1) is 13.0. The minimum absolute atomic E-state index is 0.0212. The van der Waals surface area contributed by atoms with Crippen molar-refractivity contribution in [1.82, 2.24) is 5.32 Å². The second kappa shape index (κ2) is 8.87. The average molecular weight is 391 g/mol. The maximum atomic E-state index is 13.1. The Kier molecular flexibility index (Phi) is 6.53. The van der Waals surface area contributed by atoms with Crippen LogP contribution in [0.4, 0.5) is 4.79 Å². The number of ketones is 1. The van der Waals surface area contributed by atoms with Crippen LogP contribution in [-0.2, 0) is 4.79 Å². The Bertz CT molecular complexity index is 741. The fraction of sp³-hybridized carbons (Fsp3) is 0.571. The van der Waals surface area contributed by atoms with Gasteiger partial charge in [-0.25, -0.2) is 9.79 Å². The fourth-order valence-corrected chi connectivity index (χ4v) is 4.47. The van der Waals surface area contributed by atoms with Crippen LogP contribution >= 0.6 is 11.6 Å². The molecule has 146 valence electrons. The molecule has 3 rings (SSSR count). The number of phenols is 1. The summed E-state index contributed by atoms with van der Waals surface area (Å²) in [6.07, 6.45) is 8.20. The first-order valence-corrected chi connectivity index (χ1v) is 10.3. The van der Waals surface area contributed by atoms with Crippen LogP contribution in [-0.4, -0.2) is 22.6 Å². The SMILES string of the molecule is CCC1=NC(=O)NC(c2ccc(O)c(Cl)c2)C1C(=O)CCC1CCCCC1. The minimum Gasteiger partial charge on any atom is -0.506 e. The zero-order valence-electron chi connectivity index (χ0n) is 15.7. The van der Waals surface area contributed by atoms with Crippen LogP contribution in [0.15, 0.2) is 23.2 Å². The molecular formula is C21H27ClN2O3. The smallest absolute Gasteiger partial charge is 0.341 e. The molecule has 2 unspecified atom stereocenters. The van der Waals surface area contributed by atoms with Crippen molar-refractivity contribution in [2.45, 2.75) is 64.3 Å². The molecule has 1 heterocycles. The number of benzene rings is 1. The molecule has 2 aliphatic rings. The van der Waals surface area contributed by atoms with Gasteiger partial charge in [-0.2, -0.15) is 0 Å². The van der Waals surface area contributed by atoms with E-state index in [0.717, 1.165) is 6.42 Å². The van der Waals surface area contributed by atoms with Crippen molar-refractivity contribution in [2.24, 2.45) is 16.8 Å². The van der Waals surface area contributed by atoms with E-state index in [4.69, 9.17) is 11.6 Å². The van der Waals surface area contributed by atoms with E-state index in [1.165, 1.54) is 38.2 Å².